The first kappa shape index (κ1) is 20.9. The zero-order valence-corrected chi connectivity index (χ0v) is 18.1. The standard InChI is InChI=1S/C24H27N3O4/c1-4-11-27-24(29)18-8-6-5-7-17(18)22(26-27)23(28)25-21(15(2)3)16-9-10-19-20(14-16)31-13-12-30-19/h5-10,14-15,21H,4,11-13H2,1-3H3,(H,25,28)/t21-/m1/s1. The number of carbonyl (C=O) groups excluding carboxylic acids is 1. The van der Waals surface area contributed by atoms with Crippen LogP contribution in [0.15, 0.2) is 47.3 Å². The van der Waals surface area contributed by atoms with E-state index >= 15 is 0 Å². The van der Waals surface area contributed by atoms with Crippen molar-refractivity contribution < 1.29 is 14.3 Å². The second-order valence-electron chi connectivity index (χ2n) is 8.02. The van der Waals surface area contributed by atoms with Gasteiger partial charge in [-0.25, -0.2) is 4.68 Å². The summed E-state index contributed by atoms with van der Waals surface area (Å²) in [5.74, 6) is 1.21. The number of nitrogens with zero attached hydrogens (tertiary/aromatic N) is 2. The van der Waals surface area contributed by atoms with Crippen molar-refractivity contribution in [1.29, 1.82) is 0 Å². The van der Waals surface area contributed by atoms with Gasteiger partial charge >= 0.3 is 0 Å². The Morgan fingerprint density at radius 2 is 1.81 bits per heavy atom. The van der Waals surface area contributed by atoms with E-state index in [2.05, 4.69) is 10.4 Å². The quantitative estimate of drug-likeness (QED) is 0.656. The van der Waals surface area contributed by atoms with E-state index < -0.39 is 0 Å². The lowest BCUT2D eigenvalue weighted by Gasteiger charge is -2.25. The SMILES string of the molecule is CCCn1nc(C(=O)N[C@@H](c2ccc3c(c2)OCCO3)C(C)C)c2ccccc2c1=O. The molecule has 0 saturated heterocycles. The van der Waals surface area contributed by atoms with E-state index in [0.29, 0.717) is 42.0 Å². The van der Waals surface area contributed by atoms with Gasteiger partial charge in [0.2, 0.25) is 0 Å². The number of aromatic nitrogens is 2. The summed E-state index contributed by atoms with van der Waals surface area (Å²) in [5.41, 5.74) is 1.01. The molecule has 7 nitrogen and oxygen atoms in total. The molecule has 1 atom stereocenters. The maximum Gasteiger partial charge on any atom is 0.274 e. The summed E-state index contributed by atoms with van der Waals surface area (Å²) < 4.78 is 12.7. The molecule has 4 rings (SSSR count). The van der Waals surface area contributed by atoms with Gasteiger partial charge in [0.15, 0.2) is 17.2 Å². The van der Waals surface area contributed by atoms with Crippen molar-refractivity contribution in [3.8, 4) is 11.5 Å². The van der Waals surface area contributed by atoms with Crippen LogP contribution in [0.1, 0.15) is 49.3 Å². The van der Waals surface area contributed by atoms with Crippen molar-refractivity contribution in [3.63, 3.8) is 0 Å². The van der Waals surface area contributed by atoms with Crippen LogP contribution in [0.5, 0.6) is 11.5 Å². The summed E-state index contributed by atoms with van der Waals surface area (Å²) in [5, 5.41) is 8.59. The minimum atomic E-state index is -0.311. The fourth-order valence-corrected chi connectivity index (χ4v) is 3.86. The van der Waals surface area contributed by atoms with E-state index in [1.807, 2.05) is 45.0 Å². The predicted octanol–water partition coefficient (Wildman–Crippen LogP) is 3.70. The maximum atomic E-state index is 13.4. The second-order valence-corrected chi connectivity index (χ2v) is 8.02. The molecule has 1 aliphatic heterocycles. The Labute approximate surface area is 181 Å². The Morgan fingerprint density at radius 1 is 1.10 bits per heavy atom. The molecule has 1 aliphatic rings. The smallest absolute Gasteiger partial charge is 0.274 e. The van der Waals surface area contributed by atoms with Crippen LogP contribution in [-0.2, 0) is 6.54 Å². The third kappa shape index (κ3) is 4.13. The van der Waals surface area contributed by atoms with Gasteiger partial charge in [0.1, 0.15) is 13.2 Å². The van der Waals surface area contributed by atoms with E-state index in [1.54, 1.807) is 18.2 Å². The van der Waals surface area contributed by atoms with Crippen molar-refractivity contribution in [2.75, 3.05) is 13.2 Å². The number of benzene rings is 2. The molecule has 0 bridgehead atoms. The third-order valence-corrected chi connectivity index (χ3v) is 5.40. The van der Waals surface area contributed by atoms with Gasteiger partial charge in [0.25, 0.3) is 11.5 Å². The summed E-state index contributed by atoms with van der Waals surface area (Å²) in [6, 6.07) is 12.6. The van der Waals surface area contributed by atoms with Gasteiger partial charge in [0.05, 0.1) is 11.4 Å². The van der Waals surface area contributed by atoms with Crippen molar-refractivity contribution in [3.05, 3.63) is 64.1 Å². The van der Waals surface area contributed by atoms with Crippen LogP contribution < -0.4 is 20.3 Å². The molecule has 0 spiro atoms. The van der Waals surface area contributed by atoms with Crippen molar-refractivity contribution in [2.45, 2.75) is 39.8 Å². The highest BCUT2D eigenvalue weighted by molar-refractivity contribution is 6.04. The fourth-order valence-electron chi connectivity index (χ4n) is 3.86. The Bertz CT molecular complexity index is 1170. The Morgan fingerprint density at radius 3 is 2.52 bits per heavy atom. The van der Waals surface area contributed by atoms with Gasteiger partial charge < -0.3 is 14.8 Å². The molecule has 2 heterocycles. The van der Waals surface area contributed by atoms with Crippen molar-refractivity contribution >= 4 is 16.7 Å². The zero-order chi connectivity index (χ0) is 22.0. The lowest BCUT2D eigenvalue weighted by atomic mass is 9.95. The molecule has 3 aromatic rings. The highest BCUT2D eigenvalue weighted by atomic mass is 16.6. The number of hydrogen-bond acceptors (Lipinski definition) is 5. The molecule has 1 aromatic heterocycles. The normalized spacial score (nSPS) is 13.9. The number of amides is 1. The van der Waals surface area contributed by atoms with Gasteiger partial charge in [-0.1, -0.05) is 45.0 Å². The van der Waals surface area contributed by atoms with E-state index in [1.165, 1.54) is 4.68 Å². The van der Waals surface area contributed by atoms with Gasteiger partial charge in [-0.15, -0.1) is 0 Å². The number of fused-ring (bicyclic) bond motifs is 2. The number of rotatable bonds is 6. The molecule has 2 aromatic carbocycles. The molecule has 0 fully saturated rings. The number of aryl methyl sites for hydroxylation is 1. The molecule has 0 saturated carbocycles. The highest BCUT2D eigenvalue weighted by Gasteiger charge is 2.24. The second kappa shape index (κ2) is 8.79. The predicted molar refractivity (Wildman–Crippen MR) is 119 cm³/mol. The van der Waals surface area contributed by atoms with E-state index in [9.17, 15) is 9.59 Å². The summed E-state index contributed by atoms with van der Waals surface area (Å²) in [7, 11) is 0. The molecule has 162 valence electrons. The average Bonchev–Trinajstić information content (AvgIpc) is 2.78. The van der Waals surface area contributed by atoms with Crippen LogP contribution in [0, 0.1) is 5.92 Å². The van der Waals surface area contributed by atoms with Crippen LogP contribution in [0.3, 0.4) is 0 Å². The van der Waals surface area contributed by atoms with Crippen molar-refractivity contribution in [1.82, 2.24) is 15.1 Å². The van der Waals surface area contributed by atoms with Crippen LogP contribution >= 0.6 is 0 Å². The molecule has 0 unspecified atom stereocenters. The number of ether oxygens (including phenoxy) is 2. The lowest BCUT2D eigenvalue weighted by Crippen LogP contribution is -2.35. The Balaban J connectivity index is 1.71. The largest absolute Gasteiger partial charge is 0.486 e. The number of hydrogen-bond donors (Lipinski definition) is 1. The minimum Gasteiger partial charge on any atom is -0.486 e. The van der Waals surface area contributed by atoms with Crippen LogP contribution in [-0.4, -0.2) is 28.9 Å². The summed E-state index contributed by atoms with van der Waals surface area (Å²) in [4.78, 5) is 26.1. The van der Waals surface area contributed by atoms with E-state index in [0.717, 1.165) is 12.0 Å². The zero-order valence-electron chi connectivity index (χ0n) is 18.1. The summed E-state index contributed by atoms with van der Waals surface area (Å²) in [6.45, 7) is 7.56. The monoisotopic (exact) mass is 421 g/mol. The van der Waals surface area contributed by atoms with Crippen molar-refractivity contribution in [2.24, 2.45) is 5.92 Å². The highest BCUT2D eigenvalue weighted by Crippen LogP contribution is 2.34. The Hall–Kier alpha value is -3.35. The Kier molecular flexibility index (Phi) is 5.93. The van der Waals surface area contributed by atoms with Gasteiger partial charge in [-0.05, 0) is 36.1 Å². The summed E-state index contributed by atoms with van der Waals surface area (Å²) >= 11 is 0. The molecule has 1 N–H and O–H groups in total. The molecule has 1 amide bonds. The van der Waals surface area contributed by atoms with E-state index in [4.69, 9.17) is 9.47 Å². The topological polar surface area (TPSA) is 82.5 Å². The number of carbonyl (C=O) groups is 1. The van der Waals surface area contributed by atoms with Crippen LogP contribution in [0.4, 0.5) is 0 Å². The van der Waals surface area contributed by atoms with Gasteiger partial charge in [-0.2, -0.15) is 5.10 Å². The third-order valence-electron chi connectivity index (χ3n) is 5.40. The first-order valence-electron chi connectivity index (χ1n) is 10.7. The van der Waals surface area contributed by atoms with Gasteiger partial charge in [-0.3, -0.25) is 9.59 Å². The molecule has 31 heavy (non-hydrogen) atoms. The summed E-state index contributed by atoms with van der Waals surface area (Å²) in [6.07, 6.45) is 0.748. The molecule has 7 heteroatoms. The van der Waals surface area contributed by atoms with Gasteiger partial charge in [0, 0.05) is 11.9 Å². The molecule has 0 radical (unpaired) electrons. The fraction of sp³-hybridized carbons (Fsp3) is 0.375. The molecule has 0 aliphatic carbocycles. The first-order valence-corrected chi connectivity index (χ1v) is 10.7. The molecular formula is C24H27N3O4. The van der Waals surface area contributed by atoms with E-state index in [-0.39, 0.29) is 29.1 Å². The molecular weight excluding hydrogens is 394 g/mol. The lowest BCUT2D eigenvalue weighted by molar-refractivity contribution is 0.0919. The minimum absolute atomic E-state index is 0.124. The average molecular weight is 421 g/mol. The maximum absolute atomic E-state index is 13.4. The van der Waals surface area contributed by atoms with Crippen LogP contribution in [0.2, 0.25) is 0 Å². The first-order chi connectivity index (χ1) is 15.0. The number of nitrogens with one attached hydrogen (secondary N) is 1. The van der Waals surface area contributed by atoms with Crippen LogP contribution in [0.25, 0.3) is 10.8 Å².